The zero-order valence-corrected chi connectivity index (χ0v) is 15.9. The lowest BCUT2D eigenvalue weighted by molar-refractivity contribution is 0.104. The highest BCUT2D eigenvalue weighted by atomic mass is 32.1. The third-order valence-corrected chi connectivity index (χ3v) is 5.24. The molecule has 0 aliphatic carbocycles. The summed E-state index contributed by atoms with van der Waals surface area (Å²) in [6.45, 7) is 0. The largest absolute Gasteiger partial charge is 0.302 e. The molecule has 2 heterocycles. The highest BCUT2D eigenvalue weighted by Gasteiger charge is 2.13. The van der Waals surface area contributed by atoms with Gasteiger partial charge in [-0.2, -0.15) is 0 Å². The normalized spacial score (nSPS) is 10.9. The number of hydrogen-bond donors (Lipinski definition) is 0. The van der Waals surface area contributed by atoms with Gasteiger partial charge in [0.25, 0.3) is 0 Å². The second-order valence-electron chi connectivity index (χ2n) is 6.12. The van der Waals surface area contributed by atoms with Crippen molar-refractivity contribution in [2.75, 3.05) is 4.90 Å². The van der Waals surface area contributed by atoms with Gasteiger partial charge in [0.2, 0.25) is 0 Å². The SMILES string of the molecule is O=C(/C=C/c1ccc(N(c2ccccc2)c2ccccc2)s1)c1cccnc1. The van der Waals surface area contributed by atoms with Crippen LogP contribution < -0.4 is 4.90 Å². The number of aromatic nitrogens is 1. The van der Waals surface area contributed by atoms with Gasteiger partial charge in [-0.25, -0.2) is 0 Å². The van der Waals surface area contributed by atoms with Crippen molar-refractivity contribution in [2.24, 2.45) is 0 Å². The van der Waals surface area contributed by atoms with Gasteiger partial charge in [-0.15, -0.1) is 11.3 Å². The summed E-state index contributed by atoms with van der Waals surface area (Å²) in [7, 11) is 0. The van der Waals surface area contributed by atoms with Gasteiger partial charge in [0, 0.05) is 34.2 Å². The molecule has 4 heteroatoms. The van der Waals surface area contributed by atoms with E-state index in [2.05, 4.69) is 40.2 Å². The van der Waals surface area contributed by atoms with Crippen molar-refractivity contribution < 1.29 is 4.79 Å². The summed E-state index contributed by atoms with van der Waals surface area (Å²) in [5.41, 5.74) is 2.78. The van der Waals surface area contributed by atoms with Crippen LogP contribution in [0.3, 0.4) is 0 Å². The van der Waals surface area contributed by atoms with Crippen LogP contribution >= 0.6 is 11.3 Å². The molecule has 0 saturated heterocycles. The van der Waals surface area contributed by atoms with Crippen LogP contribution in [0.15, 0.2) is 103 Å². The van der Waals surface area contributed by atoms with Crippen LogP contribution in [-0.4, -0.2) is 10.8 Å². The van der Waals surface area contributed by atoms with E-state index in [1.54, 1.807) is 41.9 Å². The fourth-order valence-electron chi connectivity index (χ4n) is 2.87. The predicted molar refractivity (Wildman–Crippen MR) is 117 cm³/mol. The van der Waals surface area contributed by atoms with Crippen LogP contribution in [-0.2, 0) is 0 Å². The van der Waals surface area contributed by atoms with Gasteiger partial charge in [0.05, 0.1) is 0 Å². The van der Waals surface area contributed by atoms with Crippen molar-refractivity contribution in [3.8, 4) is 0 Å². The quantitative estimate of drug-likeness (QED) is 0.281. The summed E-state index contributed by atoms with van der Waals surface area (Å²) in [6, 6.07) is 28.2. The summed E-state index contributed by atoms with van der Waals surface area (Å²) >= 11 is 1.64. The highest BCUT2D eigenvalue weighted by molar-refractivity contribution is 7.17. The van der Waals surface area contributed by atoms with Gasteiger partial charge in [-0.1, -0.05) is 36.4 Å². The zero-order valence-electron chi connectivity index (χ0n) is 15.1. The van der Waals surface area contributed by atoms with Crippen LogP contribution in [0.5, 0.6) is 0 Å². The fourth-order valence-corrected chi connectivity index (χ4v) is 3.82. The highest BCUT2D eigenvalue weighted by Crippen LogP contribution is 2.38. The van der Waals surface area contributed by atoms with E-state index in [0.29, 0.717) is 5.56 Å². The minimum atomic E-state index is -0.0500. The Morgan fingerprint density at radius 3 is 2.11 bits per heavy atom. The average Bonchev–Trinajstić information content (AvgIpc) is 3.23. The van der Waals surface area contributed by atoms with E-state index >= 15 is 0 Å². The monoisotopic (exact) mass is 382 g/mol. The Bertz CT molecular complexity index is 1030. The molecule has 0 atom stereocenters. The van der Waals surface area contributed by atoms with Gasteiger partial charge in [-0.05, 0) is 60.7 Å². The molecule has 0 amide bonds. The van der Waals surface area contributed by atoms with E-state index < -0.39 is 0 Å². The lowest BCUT2D eigenvalue weighted by Crippen LogP contribution is -2.07. The molecule has 4 rings (SSSR count). The first-order valence-corrected chi connectivity index (χ1v) is 9.75. The maximum atomic E-state index is 12.3. The van der Waals surface area contributed by atoms with Gasteiger partial charge in [0.15, 0.2) is 5.78 Å². The zero-order chi connectivity index (χ0) is 19.2. The fraction of sp³-hybridized carbons (Fsp3) is 0. The number of allylic oxidation sites excluding steroid dienone is 1. The minimum absolute atomic E-state index is 0.0500. The van der Waals surface area contributed by atoms with E-state index in [1.807, 2.05) is 48.5 Å². The maximum absolute atomic E-state index is 12.3. The summed E-state index contributed by atoms with van der Waals surface area (Å²) in [5, 5.41) is 1.09. The third-order valence-electron chi connectivity index (χ3n) is 4.21. The number of ketones is 1. The van der Waals surface area contributed by atoms with Gasteiger partial charge in [-0.3, -0.25) is 9.78 Å². The van der Waals surface area contributed by atoms with Gasteiger partial charge >= 0.3 is 0 Å². The molecular formula is C24H18N2OS. The number of para-hydroxylation sites is 2. The van der Waals surface area contributed by atoms with Gasteiger partial charge in [0.1, 0.15) is 5.00 Å². The number of nitrogens with zero attached hydrogens (tertiary/aromatic N) is 2. The molecule has 136 valence electrons. The summed E-state index contributed by atoms with van der Waals surface area (Å²) < 4.78 is 0. The second kappa shape index (κ2) is 8.46. The Morgan fingerprint density at radius 1 is 0.821 bits per heavy atom. The summed E-state index contributed by atoms with van der Waals surface area (Å²) in [4.78, 5) is 19.5. The number of thiophene rings is 1. The maximum Gasteiger partial charge on any atom is 0.187 e. The van der Waals surface area contributed by atoms with E-state index in [0.717, 1.165) is 21.3 Å². The molecular weight excluding hydrogens is 364 g/mol. The lowest BCUT2D eigenvalue weighted by Gasteiger charge is -2.23. The molecule has 0 unspecified atom stereocenters. The molecule has 0 bridgehead atoms. The molecule has 3 nitrogen and oxygen atoms in total. The van der Waals surface area contributed by atoms with E-state index in [1.165, 1.54) is 0 Å². The Morgan fingerprint density at radius 2 is 1.50 bits per heavy atom. The molecule has 4 aromatic rings. The number of rotatable bonds is 6. The molecule has 2 aromatic heterocycles. The van der Waals surface area contributed by atoms with E-state index in [9.17, 15) is 4.79 Å². The molecule has 0 N–H and O–H groups in total. The van der Waals surface area contributed by atoms with E-state index in [4.69, 9.17) is 0 Å². The molecule has 0 spiro atoms. The van der Waals surface area contributed by atoms with Crippen LogP contribution in [0.1, 0.15) is 15.2 Å². The minimum Gasteiger partial charge on any atom is -0.302 e. The predicted octanol–water partition coefficient (Wildman–Crippen LogP) is 6.51. The number of benzene rings is 2. The first kappa shape index (κ1) is 17.9. The first-order chi connectivity index (χ1) is 13.8. The van der Waals surface area contributed by atoms with Crippen molar-refractivity contribution in [1.29, 1.82) is 0 Å². The summed E-state index contributed by atoms with van der Waals surface area (Å²) in [5.74, 6) is -0.0500. The van der Waals surface area contributed by atoms with E-state index in [-0.39, 0.29) is 5.78 Å². The van der Waals surface area contributed by atoms with Crippen LogP contribution in [0.2, 0.25) is 0 Å². The van der Waals surface area contributed by atoms with Crippen molar-refractivity contribution in [1.82, 2.24) is 4.98 Å². The van der Waals surface area contributed by atoms with Crippen molar-refractivity contribution in [3.05, 3.63) is 114 Å². The Kier molecular flexibility index (Phi) is 5.41. The number of pyridine rings is 1. The molecule has 28 heavy (non-hydrogen) atoms. The Hall–Kier alpha value is -3.50. The lowest BCUT2D eigenvalue weighted by atomic mass is 10.2. The molecule has 2 aromatic carbocycles. The number of anilines is 3. The van der Waals surface area contributed by atoms with Gasteiger partial charge < -0.3 is 4.90 Å². The molecule has 0 aliphatic heterocycles. The van der Waals surface area contributed by atoms with Crippen molar-refractivity contribution in [3.63, 3.8) is 0 Å². The standard InChI is InChI=1S/C24H18N2OS/c27-23(19-8-7-17-25-18-19)15-13-22-14-16-24(28-22)26(20-9-3-1-4-10-20)21-11-5-2-6-12-21/h1-18H/b15-13+. The number of hydrogen-bond acceptors (Lipinski definition) is 4. The first-order valence-electron chi connectivity index (χ1n) is 8.94. The number of carbonyl (C=O) groups excluding carboxylic acids is 1. The molecule has 0 radical (unpaired) electrons. The van der Waals surface area contributed by atoms with Crippen LogP contribution in [0, 0.1) is 0 Å². The Labute approximate surface area is 168 Å². The number of carbonyl (C=O) groups is 1. The van der Waals surface area contributed by atoms with Crippen LogP contribution in [0.25, 0.3) is 6.08 Å². The van der Waals surface area contributed by atoms with Crippen molar-refractivity contribution >= 4 is 39.6 Å². The smallest absolute Gasteiger partial charge is 0.187 e. The molecule has 0 saturated carbocycles. The summed E-state index contributed by atoms with van der Waals surface area (Å²) in [6.07, 6.45) is 6.70. The average molecular weight is 382 g/mol. The topological polar surface area (TPSA) is 33.2 Å². The third kappa shape index (κ3) is 4.08. The molecule has 0 aliphatic rings. The van der Waals surface area contributed by atoms with Crippen molar-refractivity contribution in [2.45, 2.75) is 0 Å². The Balaban J connectivity index is 1.62. The molecule has 0 fully saturated rings. The second-order valence-corrected chi connectivity index (χ2v) is 7.22. The van der Waals surface area contributed by atoms with Crippen LogP contribution in [0.4, 0.5) is 16.4 Å².